The zero-order valence-electron chi connectivity index (χ0n) is 10.4. The number of nitrogens with zero attached hydrogens (tertiary/aromatic N) is 1. The van der Waals surface area contributed by atoms with Crippen LogP contribution in [0.5, 0.6) is 0 Å². The highest BCUT2D eigenvalue weighted by atomic mass is 32.2. The molecular weight excluding hydrogens is 240 g/mol. The second-order valence-electron chi connectivity index (χ2n) is 5.04. The standard InChI is InChI=1S/C11H18N2O3S/c1-7(2)10-8(3)12-13(11(10)14)9-4-5-17(15,16)6-9/h7,9,12H,4-6H2,1-3H3. The van der Waals surface area contributed by atoms with Crippen molar-refractivity contribution < 1.29 is 8.42 Å². The number of rotatable bonds is 2. The van der Waals surface area contributed by atoms with E-state index in [0.29, 0.717) is 6.42 Å². The smallest absolute Gasteiger partial charge is 0.270 e. The predicted molar refractivity (Wildman–Crippen MR) is 66.2 cm³/mol. The van der Waals surface area contributed by atoms with Crippen molar-refractivity contribution in [2.24, 2.45) is 0 Å². The SMILES string of the molecule is Cc1[nH]n(C2CCS(=O)(=O)C2)c(=O)c1C(C)C. The predicted octanol–water partition coefficient (Wildman–Crippen LogP) is 0.968. The van der Waals surface area contributed by atoms with Crippen molar-refractivity contribution >= 4 is 9.84 Å². The summed E-state index contributed by atoms with van der Waals surface area (Å²) in [6, 6.07) is -0.223. The zero-order chi connectivity index (χ0) is 12.8. The molecule has 2 rings (SSSR count). The van der Waals surface area contributed by atoms with E-state index in [1.807, 2.05) is 20.8 Å². The van der Waals surface area contributed by atoms with Crippen LogP contribution in [0.3, 0.4) is 0 Å². The number of H-pyrrole nitrogens is 1. The Morgan fingerprint density at radius 1 is 1.41 bits per heavy atom. The molecule has 1 atom stereocenters. The minimum atomic E-state index is -2.96. The van der Waals surface area contributed by atoms with Crippen molar-refractivity contribution in [1.82, 2.24) is 9.78 Å². The number of aromatic amines is 1. The summed E-state index contributed by atoms with van der Waals surface area (Å²) in [6.07, 6.45) is 0.528. The van der Waals surface area contributed by atoms with Crippen LogP contribution in [0.1, 0.15) is 43.5 Å². The van der Waals surface area contributed by atoms with Crippen LogP contribution >= 0.6 is 0 Å². The molecule has 0 bridgehead atoms. The lowest BCUT2D eigenvalue weighted by molar-refractivity contribution is 0.483. The summed E-state index contributed by atoms with van der Waals surface area (Å²) in [5.74, 6) is 0.404. The molecule has 6 heteroatoms. The van der Waals surface area contributed by atoms with Gasteiger partial charge in [-0.2, -0.15) is 0 Å². The van der Waals surface area contributed by atoms with Gasteiger partial charge in [-0.25, -0.2) is 13.1 Å². The first-order valence-corrected chi connectivity index (χ1v) is 7.65. The third-order valence-corrected chi connectivity index (χ3v) is 5.04. The van der Waals surface area contributed by atoms with Crippen LogP contribution in [0.15, 0.2) is 4.79 Å². The lowest BCUT2D eigenvalue weighted by Crippen LogP contribution is -2.25. The molecule has 2 heterocycles. The zero-order valence-corrected chi connectivity index (χ0v) is 11.2. The summed E-state index contributed by atoms with van der Waals surface area (Å²) in [5.41, 5.74) is 1.53. The molecule has 0 saturated carbocycles. The van der Waals surface area contributed by atoms with E-state index in [2.05, 4.69) is 5.10 Å². The fourth-order valence-corrected chi connectivity index (χ4v) is 4.20. The first kappa shape index (κ1) is 12.4. The Morgan fingerprint density at radius 3 is 2.47 bits per heavy atom. The summed E-state index contributed by atoms with van der Waals surface area (Å²) >= 11 is 0. The summed E-state index contributed by atoms with van der Waals surface area (Å²) < 4.78 is 24.3. The van der Waals surface area contributed by atoms with Gasteiger partial charge in [-0.3, -0.25) is 9.89 Å². The van der Waals surface area contributed by atoms with Crippen LogP contribution in [0, 0.1) is 6.92 Å². The molecule has 0 radical (unpaired) electrons. The number of nitrogens with one attached hydrogen (secondary N) is 1. The third kappa shape index (κ3) is 2.18. The molecule has 1 N–H and O–H groups in total. The van der Waals surface area contributed by atoms with Crippen LogP contribution < -0.4 is 5.56 Å². The minimum Gasteiger partial charge on any atom is -0.299 e. The highest BCUT2D eigenvalue weighted by Crippen LogP contribution is 2.23. The molecule has 1 aliphatic rings. The van der Waals surface area contributed by atoms with Crippen molar-refractivity contribution in [3.63, 3.8) is 0 Å². The fourth-order valence-electron chi connectivity index (χ4n) is 2.50. The minimum absolute atomic E-state index is 0.0698. The van der Waals surface area contributed by atoms with Crippen molar-refractivity contribution in [2.75, 3.05) is 11.5 Å². The maximum Gasteiger partial charge on any atom is 0.270 e. The van der Waals surface area contributed by atoms with E-state index in [-0.39, 0.29) is 29.0 Å². The number of aromatic nitrogens is 2. The van der Waals surface area contributed by atoms with Crippen LogP contribution in [-0.4, -0.2) is 29.7 Å². The van der Waals surface area contributed by atoms with Gasteiger partial charge in [0, 0.05) is 11.3 Å². The molecule has 1 aliphatic heterocycles. The normalized spacial score (nSPS) is 23.4. The summed E-state index contributed by atoms with van der Waals surface area (Å²) in [5, 5.41) is 3.01. The lowest BCUT2D eigenvalue weighted by atomic mass is 10.0. The number of hydrogen-bond donors (Lipinski definition) is 1. The monoisotopic (exact) mass is 258 g/mol. The number of sulfone groups is 1. The Balaban J connectivity index is 2.42. The molecule has 1 fully saturated rings. The van der Waals surface area contributed by atoms with E-state index in [0.717, 1.165) is 11.3 Å². The molecule has 1 aromatic rings. The lowest BCUT2D eigenvalue weighted by Gasteiger charge is -2.07. The second kappa shape index (κ2) is 4.01. The van der Waals surface area contributed by atoms with Gasteiger partial charge in [0.05, 0.1) is 17.5 Å². The van der Waals surface area contributed by atoms with E-state index in [1.165, 1.54) is 4.68 Å². The third-order valence-electron chi connectivity index (χ3n) is 3.29. The van der Waals surface area contributed by atoms with Gasteiger partial charge in [0.2, 0.25) is 0 Å². The van der Waals surface area contributed by atoms with E-state index >= 15 is 0 Å². The highest BCUT2D eigenvalue weighted by Gasteiger charge is 2.31. The molecule has 0 spiro atoms. The van der Waals surface area contributed by atoms with Gasteiger partial charge in [-0.15, -0.1) is 0 Å². The first-order valence-electron chi connectivity index (χ1n) is 5.83. The van der Waals surface area contributed by atoms with Gasteiger partial charge in [-0.05, 0) is 19.3 Å². The Kier molecular flexibility index (Phi) is 2.93. The van der Waals surface area contributed by atoms with Gasteiger partial charge in [0.1, 0.15) is 0 Å². The fraction of sp³-hybridized carbons (Fsp3) is 0.727. The maximum atomic E-state index is 12.2. The van der Waals surface area contributed by atoms with Crippen LogP contribution in [-0.2, 0) is 9.84 Å². The average molecular weight is 258 g/mol. The van der Waals surface area contributed by atoms with Crippen molar-refractivity contribution in [1.29, 1.82) is 0 Å². The van der Waals surface area contributed by atoms with E-state index in [1.54, 1.807) is 0 Å². The van der Waals surface area contributed by atoms with Gasteiger partial charge < -0.3 is 0 Å². The Morgan fingerprint density at radius 2 is 2.06 bits per heavy atom. The molecule has 1 saturated heterocycles. The molecule has 1 unspecified atom stereocenters. The van der Waals surface area contributed by atoms with Gasteiger partial charge in [0.15, 0.2) is 9.84 Å². The van der Waals surface area contributed by atoms with Crippen molar-refractivity contribution in [3.8, 4) is 0 Å². The molecular formula is C11H18N2O3S. The van der Waals surface area contributed by atoms with Gasteiger partial charge in [0.25, 0.3) is 5.56 Å². The summed E-state index contributed by atoms with van der Waals surface area (Å²) in [4.78, 5) is 12.2. The summed E-state index contributed by atoms with van der Waals surface area (Å²) in [7, 11) is -2.96. The average Bonchev–Trinajstić information content (AvgIpc) is 2.67. The molecule has 0 amide bonds. The van der Waals surface area contributed by atoms with Crippen molar-refractivity contribution in [2.45, 2.75) is 39.2 Å². The van der Waals surface area contributed by atoms with Crippen molar-refractivity contribution in [3.05, 3.63) is 21.6 Å². The quantitative estimate of drug-likeness (QED) is 0.859. The molecule has 96 valence electrons. The van der Waals surface area contributed by atoms with E-state index in [4.69, 9.17) is 0 Å². The van der Waals surface area contributed by atoms with Gasteiger partial charge in [-0.1, -0.05) is 13.8 Å². The number of aryl methyl sites for hydroxylation is 1. The Hall–Kier alpha value is -1.04. The highest BCUT2D eigenvalue weighted by molar-refractivity contribution is 7.91. The molecule has 17 heavy (non-hydrogen) atoms. The Labute approximate surface area is 101 Å². The Bertz CT molecular complexity index is 580. The molecule has 0 aliphatic carbocycles. The topological polar surface area (TPSA) is 71.9 Å². The van der Waals surface area contributed by atoms with Crippen LogP contribution in [0.25, 0.3) is 0 Å². The van der Waals surface area contributed by atoms with Crippen LogP contribution in [0.2, 0.25) is 0 Å². The molecule has 5 nitrogen and oxygen atoms in total. The van der Waals surface area contributed by atoms with E-state index in [9.17, 15) is 13.2 Å². The first-order chi connectivity index (χ1) is 7.82. The summed E-state index contributed by atoms with van der Waals surface area (Å²) in [6.45, 7) is 5.79. The van der Waals surface area contributed by atoms with E-state index < -0.39 is 9.84 Å². The number of hydrogen-bond acceptors (Lipinski definition) is 3. The molecule has 0 aromatic carbocycles. The maximum absolute atomic E-state index is 12.2. The van der Waals surface area contributed by atoms with Crippen LogP contribution in [0.4, 0.5) is 0 Å². The second-order valence-corrected chi connectivity index (χ2v) is 7.27. The largest absolute Gasteiger partial charge is 0.299 e. The van der Waals surface area contributed by atoms with Gasteiger partial charge >= 0.3 is 0 Å². The molecule has 1 aromatic heterocycles.